The van der Waals surface area contributed by atoms with Gasteiger partial charge in [0.2, 0.25) is 0 Å². The molecule has 0 amide bonds. The number of fused-ring (bicyclic) bond motifs is 6. The lowest BCUT2D eigenvalue weighted by Gasteiger charge is -2.39. The van der Waals surface area contributed by atoms with Crippen molar-refractivity contribution in [2.45, 2.75) is 57.6 Å². The van der Waals surface area contributed by atoms with Crippen molar-refractivity contribution in [2.75, 3.05) is 16.8 Å². The van der Waals surface area contributed by atoms with Crippen LogP contribution < -0.4 is 15.0 Å². The zero-order valence-corrected chi connectivity index (χ0v) is 24.1. The number of anilines is 3. The molecule has 1 saturated carbocycles. The van der Waals surface area contributed by atoms with Crippen LogP contribution in [-0.2, 0) is 10.3 Å². The largest absolute Gasteiger partial charge is 0.456 e. The van der Waals surface area contributed by atoms with Crippen molar-refractivity contribution >= 4 is 34.6 Å². The van der Waals surface area contributed by atoms with E-state index in [1.807, 2.05) is 54.6 Å². The zero-order chi connectivity index (χ0) is 28.1. The standard InChI is InChI=1S/C35H33ClN2O3/c1-3-38(25-9-5-4-6-10-25)26-17-18-29-33(20-26)40-32-19-22(2)31(37-24-15-13-23(36)14-16-24)21-30(32)35(29)28-12-8-7-11-27(28)34(39)41-35/h7-8,11-21,25,37H,3-6,9-10H2,1-2H3. The average Bonchev–Trinajstić information content (AvgIpc) is 3.28. The number of nitrogens with zero attached hydrogens (tertiary/aromatic N) is 1. The molecule has 0 bridgehead atoms. The van der Waals surface area contributed by atoms with Crippen molar-refractivity contribution in [2.24, 2.45) is 0 Å². The Labute approximate surface area is 246 Å². The molecule has 7 rings (SSSR count). The second-order valence-corrected chi connectivity index (χ2v) is 11.7. The van der Waals surface area contributed by atoms with Crippen LogP contribution in [-0.4, -0.2) is 18.6 Å². The van der Waals surface area contributed by atoms with Crippen molar-refractivity contribution in [1.29, 1.82) is 0 Å². The Morgan fingerprint density at radius 2 is 1.66 bits per heavy atom. The number of esters is 1. The number of hydrogen-bond donors (Lipinski definition) is 1. The van der Waals surface area contributed by atoms with Gasteiger partial charge in [-0.25, -0.2) is 4.79 Å². The maximum Gasteiger partial charge on any atom is 0.340 e. The van der Waals surface area contributed by atoms with E-state index in [4.69, 9.17) is 21.1 Å². The van der Waals surface area contributed by atoms with Crippen LogP contribution >= 0.6 is 11.6 Å². The van der Waals surface area contributed by atoms with Gasteiger partial charge in [-0.1, -0.05) is 49.1 Å². The van der Waals surface area contributed by atoms with Crippen molar-refractivity contribution in [1.82, 2.24) is 0 Å². The molecule has 1 N–H and O–H groups in total. The van der Waals surface area contributed by atoms with Gasteiger partial charge in [0.15, 0.2) is 5.60 Å². The third-order valence-corrected chi connectivity index (χ3v) is 9.11. The minimum Gasteiger partial charge on any atom is -0.456 e. The first kappa shape index (κ1) is 26.0. The molecular weight excluding hydrogens is 532 g/mol. The number of ether oxygens (including phenoxy) is 2. The minimum atomic E-state index is -1.11. The zero-order valence-electron chi connectivity index (χ0n) is 23.4. The molecule has 0 saturated heterocycles. The molecule has 6 heteroatoms. The predicted molar refractivity (Wildman–Crippen MR) is 164 cm³/mol. The summed E-state index contributed by atoms with van der Waals surface area (Å²) in [6.07, 6.45) is 6.30. The second kappa shape index (κ2) is 10.1. The van der Waals surface area contributed by atoms with E-state index < -0.39 is 5.60 Å². The first-order valence-electron chi connectivity index (χ1n) is 14.6. The van der Waals surface area contributed by atoms with Gasteiger partial charge in [0.1, 0.15) is 11.5 Å². The number of halogens is 1. The average molecular weight is 565 g/mol. The van der Waals surface area contributed by atoms with Crippen molar-refractivity contribution in [3.05, 3.63) is 112 Å². The van der Waals surface area contributed by atoms with Gasteiger partial charge in [-0.2, -0.15) is 0 Å². The van der Waals surface area contributed by atoms with Crippen LogP contribution in [0.3, 0.4) is 0 Å². The van der Waals surface area contributed by atoms with Gasteiger partial charge in [0.25, 0.3) is 0 Å². The molecule has 0 aromatic heterocycles. The van der Waals surface area contributed by atoms with Crippen LogP contribution in [0.4, 0.5) is 17.1 Å². The van der Waals surface area contributed by atoms with Crippen LogP contribution in [0, 0.1) is 6.92 Å². The fourth-order valence-corrected chi connectivity index (χ4v) is 6.98. The summed E-state index contributed by atoms with van der Waals surface area (Å²) in [6, 6.07) is 26.3. The highest BCUT2D eigenvalue weighted by molar-refractivity contribution is 6.30. The Kier molecular flexibility index (Phi) is 6.43. The van der Waals surface area contributed by atoms with Crippen LogP contribution in [0.1, 0.15) is 71.6 Å². The molecule has 41 heavy (non-hydrogen) atoms. The smallest absolute Gasteiger partial charge is 0.340 e. The summed E-state index contributed by atoms with van der Waals surface area (Å²) in [5, 5.41) is 4.20. The number of carbonyl (C=O) groups is 1. The third-order valence-electron chi connectivity index (χ3n) is 8.85. The molecule has 1 unspecified atom stereocenters. The molecule has 3 aliphatic rings. The van der Waals surface area contributed by atoms with E-state index in [1.165, 1.54) is 32.1 Å². The Hall–Kier alpha value is -3.96. The van der Waals surface area contributed by atoms with Crippen LogP contribution in [0.15, 0.2) is 78.9 Å². The lowest BCUT2D eigenvalue weighted by Crippen LogP contribution is -2.37. The van der Waals surface area contributed by atoms with Gasteiger partial charge in [-0.15, -0.1) is 0 Å². The Bertz CT molecular complexity index is 1640. The van der Waals surface area contributed by atoms with E-state index >= 15 is 0 Å². The minimum absolute atomic E-state index is 0.325. The third kappa shape index (κ3) is 4.26. The highest BCUT2D eigenvalue weighted by Gasteiger charge is 2.53. The second-order valence-electron chi connectivity index (χ2n) is 11.3. The van der Waals surface area contributed by atoms with E-state index in [1.54, 1.807) is 0 Å². The highest BCUT2D eigenvalue weighted by Crippen LogP contribution is 2.57. The lowest BCUT2D eigenvalue weighted by molar-refractivity contribution is 0.0224. The maximum atomic E-state index is 13.4. The topological polar surface area (TPSA) is 50.8 Å². The molecule has 1 fully saturated rings. The van der Waals surface area contributed by atoms with Crippen LogP contribution in [0.2, 0.25) is 5.02 Å². The van der Waals surface area contributed by atoms with E-state index in [0.29, 0.717) is 22.4 Å². The van der Waals surface area contributed by atoms with E-state index in [0.717, 1.165) is 51.6 Å². The number of nitrogens with one attached hydrogen (secondary N) is 1. The van der Waals surface area contributed by atoms with Crippen molar-refractivity contribution < 1.29 is 14.3 Å². The van der Waals surface area contributed by atoms with Crippen molar-refractivity contribution in [3.63, 3.8) is 0 Å². The van der Waals surface area contributed by atoms with E-state index in [9.17, 15) is 4.79 Å². The number of aryl methyl sites for hydroxylation is 1. The molecule has 1 atom stereocenters. The molecule has 4 aromatic carbocycles. The van der Waals surface area contributed by atoms with Gasteiger partial charge in [0.05, 0.1) is 5.56 Å². The number of benzene rings is 4. The summed E-state index contributed by atoms with van der Waals surface area (Å²) in [6.45, 7) is 5.21. The molecule has 208 valence electrons. The molecule has 1 spiro atoms. The van der Waals surface area contributed by atoms with E-state index in [2.05, 4.69) is 48.3 Å². The molecule has 4 aromatic rings. The predicted octanol–water partition coefficient (Wildman–Crippen LogP) is 9.12. The van der Waals surface area contributed by atoms with Gasteiger partial charge in [0, 0.05) is 57.4 Å². The van der Waals surface area contributed by atoms with Crippen LogP contribution in [0.25, 0.3) is 0 Å². The number of carbonyl (C=O) groups excluding carboxylic acids is 1. The molecular formula is C35H33ClN2O3. The molecule has 2 heterocycles. The SMILES string of the molecule is CCN(c1ccc2c(c1)Oc1cc(C)c(Nc3ccc(Cl)cc3)cc1C21OC(=O)c2ccccc21)C1CCCCC1. The van der Waals surface area contributed by atoms with Crippen molar-refractivity contribution in [3.8, 4) is 11.5 Å². The molecule has 1 aliphatic carbocycles. The molecule has 5 nitrogen and oxygen atoms in total. The lowest BCUT2D eigenvalue weighted by atomic mass is 9.77. The van der Waals surface area contributed by atoms with Gasteiger partial charge in [-0.05, 0) is 86.8 Å². The summed E-state index contributed by atoms with van der Waals surface area (Å²) in [7, 11) is 0. The summed E-state index contributed by atoms with van der Waals surface area (Å²) in [5.41, 5.74) is 5.94. The number of hydrogen-bond acceptors (Lipinski definition) is 5. The van der Waals surface area contributed by atoms with E-state index in [-0.39, 0.29) is 5.97 Å². The van der Waals surface area contributed by atoms with Gasteiger partial charge >= 0.3 is 5.97 Å². The van der Waals surface area contributed by atoms with Gasteiger partial charge < -0.3 is 19.7 Å². The molecule has 0 radical (unpaired) electrons. The fourth-order valence-electron chi connectivity index (χ4n) is 6.85. The summed E-state index contributed by atoms with van der Waals surface area (Å²) >= 11 is 6.12. The van der Waals surface area contributed by atoms with Crippen LogP contribution in [0.5, 0.6) is 11.5 Å². The quantitative estimate of drug-likeness (QED) is 0.245. The van der Waals surface area contributed by atoms with Gasteiger partial charge in [-0.3, -0.25) is 0 Å². The first-order valence-corrected chi connectivity index (χ1v) is 15.0. The Morgan fingerprint density at radius 3 is 2.44 bits per heavy atom. The molecule has 2 aliphatic heterocycles. The fraction of sp³-hybridized carbons (Fsp3) is 0.286. The normalized spacial score (nSPS) is 19.1. The maximum absolute atomic E-state index is 13.4. The first-order chi connectivity index (χ1) is 20.0. The summed E-state index contributed by atoms with van der Waals surface area (Å²) in [5.74, 6) is 1.10. The summed E-state index contributed by atoms with van der Waals surface area (Å²) in [4.78, 5) is 15.9. The Balaban J connectivity index is 1.38. The Morgan fingerprint density at radius 1 is 0.902 bits per heavy atom. The summed E-state index contributed by atoms with van der Waals surface area (Å²) < 4.78 is 13.1. The monoisotopic (exact) mass is 564 g/mol. The number of rotatable bonds is 5. The highest BCUT2D eigenvalue weighted by atomic mass is 35.5.